The zero-order valence-corrected chi connectivity index (χ0v) is 13.2. The van der Waals surface area contributed by atoms with Crippen LogP contribution in [0.2, 0.25) is 0 Å². The van der Waals surface area contributed by atoms with Crippen molar-refractivity contribution in [2.45, 2.75) is 17.4 Å². The first-order valence-electron chi connectivity index (χ1n) is 6.07. The summed E-state index contributed by atoms with van der Waals surface area (Å²) in [6, 6.07) is 17.0. The minimum Gasteiger partial charge on any atom is -0.271 e. The molecule has 100 valence electrons. The van der Waals surface area contributed by atoms with Gasteiger partial charge in [-0.25, -0.2) is 0 Å². The van der Waals surface area contributed by atoms with Crippen molar-refractivity contribution in [2.24, 2.45) is 5.84 Å². The summed E-state index contributed by atoms with van der Waals surface area (Å²) in [6.07, 6.45) is 2.95. The molecule has 0 radical (unpaired) electrons. The van der Waals surface area contributed by atoms with Crippen LogP contribution in [0.5, 0.6) is 0 Å². The Morgan fingerprint density at radius 1 is 1.21 bits per heavy atom. The number of thioether (sulfide) groups is 1. The predicted molar refractivity (Wildman–Crippen MR) is 86.1 cm³/mol. The van der Waals surface area contributed by atoms with E-state index in [9.17, 15) is 0 Å². The van der Waals surface area contributed by atoms with Crippen molar-refractivity contribution in [2.75, 3.05) is 6.26 Å². The number of nitrogens with two attached hydrogens (primary N) is 1. The van der Waals surface area contributed by atoms with Gasteiger partial charge in [-0.2, -0.15) is 0 Å². The van der Waals surface area contributed by atoms with Crippen molar-refractivity contribution in [3.05, 3.63) is 64.1 Å². The third-order valence-electron chi connectivity index (χ3n) is 3.05. The highest BCUT2D eigenvalue weighted by Crippen LogP contribution is 2.22. The summed E-state index contributed by atoms with van der Waals surface area (Å²) in [7, 11) is 0. The Labute approximate surface area is 126 Å². The van der Waals surface area contributed by atoms with Gasteiger partial charge in [0.05, 0.1) is 0 Å². The van der Waals surface area contributed by atoms with E-state index in [4.69, 9.17) is 5.84 Å². The standard InChI is InChI=1S/C15H17BrN2S/c1-19-14-7-5-12(6-8-14)15(18-17)10-11-3-2-4-13(16)9-11/h2-9,15,18H,10,17H2,1H3. The number of benzene rings is 2. The highest BCUT2D eigenvalue weighted by molar-refractivity contribution is 9.10. The van der Waals surface area contributed by atoms with Gasteiger partial charge in [0.25, 0.3) is 0 Å². The Bertz CT molecular complexity index is 528. The van der Waals surface area contributed by atoms with Gasteiger partial charge in [-0.3, -0.25) is 11.3 Å². The third-order valence-corrected chi connectivity index (χ3v) is 4.29. The molecule has 1 unspecified atom stereocenters. The summed E-state index contributed by atoms with van der Waals surface area (Å²) in [5.41, 5.74) is 5.37. The van der Waals surface area contributed by atoms with Gasteiger partial charge in [-0.1, -0.05) is 40.2 Å². The molecule has 0 saturated heterocycles. The van der Waals surface area contributed by atoms with E-state index in [-0.39, 0.29) is 6.04 Å². The Hall–Kier alpha value is -0.810. The van der Waals surface area contributed by atoms with Crippen molar-refractivity contribution in [1.82, 2.24) is 5.43 Å². The first kappa shape index (κ1) is 14.6. The second-order valence-corrected chi connectivity index (χ2v) is 6.12. The van der Waals surface area contributed by atoms with Crippen LogP contribution in [-0.2, 0) is 6.42 Å². The summed E-state index contributed by atoms with van der Waals surface area (Å²) in [4.78, 5) is 1.27. The molecule has 2 rings (SSSR count). The van der Waals surface area contributed by atoms with Crippen molar-refractivity contribution in [3.8, 4) is 0 Å². The second kappa shape index (κ2) is 7.10. The summed E-state index contributed by atoms with van der Waals surface area (Å²) in [6.45, 7) is 0. The van der Waals surface area contributed by atoms with Crippen LogP contribution in [0.1, 0.15) is 17.2 Å². The molecule has 0 aliphatic heterocycles. The average molecular weight is 337 g/mol. The molecular weight excluding hydrogens is 320 g/mol. The van der Waals surface area contributed by atoms with Gasteiger partial charge in [0.1, 0.15) is 0 Å². The van der Waals surface area contributed by atoms with E-state index in [1.165, 1.54) is 16.0 Å². The lowest BCUT2D eigenvalue weighted by atomic mass is 9.99. The summed E-state index contributed by atoms with van der Waals surface area (Å²) in [5, 5.41) is 0. The van der Waals surface area contributed by atoms with E-state index in [1.807, 2.05) is 12.1 Å². The summed E-state index contributed by atoms with van der Waals surface area (Å²) < 4.78 is 1.10. The highest BCUT2D eigenvalue weighted by Gasteiger charge is 2.10. The molecule has 2 aromatic rings. The molecular formula is C15H17BrN2S. The van der Waals surface area contributed by atoms with E-state index in [1.54, 1.807) is 11.8 Å². The van der Waals surface area contributed by atoms with E-state index >= 15 is 0 Å². The molecule has 0 aromatic heterocycles. The fourth-order valence-electron chi connectivity index (χ4n) is 2.01. The molecule has 0 spiro atoms. The molecule has 0 fully saturated rings. The third kappa shape index (κ3) is 4.08. The van der Waals surface area contributed by atoms with Crippen LogP contribution >= 0.6 is 27.7 Å². The van der Waals surface area contributed by atoms with Gasteiger partial charge in [0, 0.05) is 15.4 Å². The number of hydrogen-bond donors (Lipinski definition) is 2. The maximum Gasteiger partial charge on any atom is 0.0500 e. The van der Waals surface area contributed by atoms with Crippen molar-refractivity contribution in [1.29, 1.82) is 0 Å². The minimum atomic E-state index is 0.130. The molecule has 4 heteroatoms. The van der Waals surface area contributed by atoms with Crippen molar-refractivity contribution in [3.63, 3.8) is 0 Å². The number of hydrogen-bond acceptors (Lipinski definition) is 3. The van der Waals surface area contributed by atoms with E-state index in [0.29, 0.717) is 0 Å². The monoisotopic (exact) mass is 336 g/mol. The summed E-state index contributed by atoms with van der Waals surface area (Å²) >= 11 is 5.24. The molecule has 0 amide bonds. The van der Waals surface area contributed by atoms with Gasteiger partial charge in [-0.15, -0.1) is 11.8 Å². The Morgan fingerprint density at radius 2 is 1.95 bits per heavy atom. The van der Waals surface area contributed by atoms with Crippen molar-refractivity contribution < 1.29 is 0 Å². The number of hydrazine groups is 1. The average Bonchev–Trinajstić information content (AvgIpc) is 2.45. The van der Waals surface area contributed by atoms with Gasteiger partial charge in [-0.05, 0) is 48.1 Å². The molecule has 19 heavy (non-hydrogen) atoms. The zero-order valence-electron chi connectivity index (χ0n) is 10.8. The lowest BCUT2D eigenvalue weighted by Gasteiger charge is -2.17. The largest absolute Gasteiger partial charge is 0.271 e. The molecule has 2 aromatic carbocycles. The Kier molecular flexibility index (Phi) is 5.45. The van der Waals surface area contributed by atoms with Gasteiger partial charge in [0.2, 0.25) is 0 Å². The fraction of sp³-hybridized carbons (Fsp3) is 0.200. The predicted octanol–water partition coefficient (Wildman–Crippen LogP) is 3.92. The maximum atomic E-state index is 5.69. The van der Waals surface area contributed by atoms with E-state index in [2.05, 4.69) is 64.0 Å². The normalized spacial score (nSPS) is 12.4. The van der Waals surface area contributed by atoms with E-state index < -0.39 is 0 Å². The molecule has 3 N–H and O–H groups in total. The van der Waals surface area contributed by atoms with Crippen LogP contribution < -0.4 is 11.3 Å². The maximum absolute atomic E-state index is 5.69. The van der Waals surface area contributed by atoms with Crippen LogP contribution in [0.3, 0.4) is 0 Å². The first-order chi connectivity index (χ1) is 9.22. The number of halogens is 1. The van der Waals surface area contributed by atoms with Crippen molar-refractivity contribution >= 4 is 27.7 Å². The molecule has 0 heterocycles. The first-order valence-corrected chi connectivity index (χ1v) is 8.09. The fourth-order valence-corrected chi connectivity index (χ4v) is 2.86. The Morgan fingerprint density at radius 3 is 2.53 bits per heavy atom. The highest BCUT2D eigenvalue weighted by atomic mass is 79.9. The smallest absolute Gasteiger partial charge is 0.0500 e. The second-order valence-electron chi connectivity index (χ2n) is 4.33. The molecule has 0 aliphatic rings. The SMILES string of the molecule is CSc1ccc(C(Cc2cccc(Br)c2)NN)cc1. The zero-order chi connectivity index (χ0) is 13.7. The quantitative estimate of drug-likeness (QED) is 0.493. The van der Waals surface area contributed by atoms with Gasteiger partial charge < -0.3 is 0 Å². The van der Waals surface area contributed by atoms with Crippen LogP contribution in [0, 0.1) is 0 Å². The molecule has 0 saturated carbocycles. The topological polar surface area (TPSA) is 38.0 Å². The molecule has 2 nitrogen and oxygen atoms in total. The molecule has 0 bridgehead atoms. The van der Waals surface area contributed by atoms with Crippen LogP contribution in [-0.4, -0.2) is 6.26 Å². The molecule has 1 atom stereocenters. The summed E-state index contributed by atoms with van der Waals surface area (Å²) in [5.74, 6) is 5.69. The van der Waals surface area contributed by atoms with E-state index in [0.717, 1.165) is 10.9 Å². The number of rotatable bonds is 5. The lowest BCUT2D eigenvalue weighted by Crippen LogP contribution is -2.29. The van der Waals surface area contributed by atoms with Crippen LogP contribution in [0.25, 0.3) is 0 Å². The van der Waals surface area contributed by atoms with Crippen LogP contribution in [0.15, 0.2) is 57.9 Å². The number of nitrogens with one attached hydrogen (secondary N) is 1. The Balaban J connectivity index is 2.15. The van der Waals surface area contributed by atoms with Gasteiger partial charge in [0.15, 0.2) is 0 Å². The molecule has 0 aliphatic carbocycles. The van der Waals surface area contributed by atoms with Gasteiger partial charge >= 0.3 is 0 Å². The van der Waals surface area contributed by atoms with Crippen LogP contribution in [0.4, 0.5) is 0 Å². The minimum absolute atomic E-state index is 0.130. The lowest BCUT2D eigenvalue weighted by molar-refractivity contribution is 0.551.